The molecule has 1 N–H and O–H groups in total. The number of nitrogens with zero attached hydrogens (tertiary/aromatic N) is 1. The number of fused-ring (bicyclic) bond motifs is 1. The van der Waals surface area contributed by atoms with Crippen LogP contribution >= 0.6 is 0 Å². The Bertz CT molecular complexity index is 754. The second-order valence-corrected chi connectivity index (χ2v) is 6.09. The second kappa shape index (κ2) is 6.43. The van der Waals surface area contributed by atoms with Gasteiger partial charge in [0.2, 0.25) is 6.79 Å². The van der Waals surface area contributed by atoms with Crippen LogP contribution in [-0.2, 0) is 0 Å². The van der Waals surface area contributed by atoms with Crippen molar-refractivity contribution in [3.05, 3.63) is 48.0 Å². The third-order valence-electron chi connectivity index (χ3n) is 4.48. The first kappa shape index (κ1) is 14.9. The third-order valence-corrected chi connectivity index (χ3v) is 4.48. The van der Waals surface area contributed by atoms with Crippen molar-refractivity contribution in [2.75, 3.05) is 30.1 Å². The van der Waals surface area contributed by atoms with Gasteiger partial charge in [-0.05, 0) is 49.6 Å². The van der Waals surface area contributed by atoms with Gasteiger partial charge in [0.25, 0.3) is 5.91 Å². The zero-order chi connectivity index (χ0) is 16.4. The van der Waals surface area contributed by atoms with Crippen LogP contribution in [0.15, 0.2) is 42.5 Å². The molecule has 5 nitrogen and oxygen atoms in total. The molecule has 4 rings (SSSR count). The predicted molar refractivity (Wildman–Crippen MR) is 93.0 cm³/mol. The lowest BCUT2D eigenvalue weighted by atomic mass is 10.1. The first-order chi connectivity index (χ1) is 11.8. The van der Waals surface area contributed by atoms with Crippen molar-refractivity contribution in [1.29, 1.82) is 0 Å². The Morgan fingerprint density at radius 2 is 1.75 bits per heavy atom. The Hall–Kier alpha value is -2.69. The first-order valence-corrected chi connectivity index (χ1v) is 8.36. The summed E-state index contributed by atoms with van der Waals surface area (Å²) < 4.78 is 10.6. The van der Waals surface area contributed by atoms with Crippen molar-refractivity contribution in [3.63, 3.8) is 0 Å². The number of piperidine rings is 1. The molecule has 1 fully saturated rings. The molecule has 2 aromatic carbocycles. The number of rotatable bonds is 3. The Kier molecular flexibility index (Phi) is 3.99. The quantitative estimate of drug-likeness (QED) is 0.936. The molecule has 0 unspecified atom stereocenters. The molecular weight excluding hydrogens is 304 g/mol. The van der Waals surface area contributed by atoms with E-state index < -0.39 is 0 Å². The summed E-state index contributed by atoms with van der Waals surface area (Å²) >= 11 is 0. The minimum atomic E-state index is -0.141. The van der Waals surface area contributed by atoms with E-state index in [1.54, 1.807) is 18.2 Å². The van der Waals surface area contributed by atoms with E-state index in [0.717, 1.165) is 24.5 Å². The van der Waals surface area contributed by atoms with Gasteiger partial charge in [-0.1, -0.05) is 12.1 Å². The van der Waals surface area contributed by atoms with Crippen molar-refractivity contribution in [2.24, 2.45) is 0 Å². The highest BCUT2D eigenvalue weighted by Gasteiger charge is 2.18. The van der Waals surface area contributed by atoms with Crippen molar-refractivity contribution < 1.29 is 14.3 Å². The molecule has 0 aromatic heterocycles. The Labute approximate surface area is 141 Å². The number of amides is 1. The van der Waals surface area contributed by atoms with Gasteiger partial charge >= 0.3 is 0 Å². The number of hydrogen-bond donors (Lipinski definition) is 1. The summed E-state index contributed by atoms with van der Waals surface area (Å²) in [6.07, 6.45) is 3.68. The van der Waals surface area contributed by atoms with Crippen LogP contribution in [0.5, 0.6) is 11.5 Å². The van der Waals surface area contributed by atoms with Crippen LogP contribution in [0.2, 0.25) is 0 Å². The highest BCUT2D eigenvalue weighted by molar-refractivity contribution is 6.06. The maximum absolute atomic E-state index is 12.6. The predicted octanol–water partition coefficient (Wildman–Crippen LogP) is 3.66. The van der Waals surface area contributed by atoms with E-state index in [1.165, 1.54) is 19.3 Å². The van der Waals surface area contributed by atoms with Gasteiger partial charge in [0.1, 0.15) is 0 Å². The normalized spacial score (nSPS) is 16.1. The molecule has 1 amide bonds. The highest BCUT2D eigenvalue weighted by Crippen LogP contribution is 2.33. The van der Waals surface area contributed by atoms with Gasteiger partial charge in [0.15, 0.2) is 11.5 Å². The van der Waals surface area contributed by atoms with Crippen LogP contribution in [0.3, 0.4) is 0 Å². The number of ether oxygens (including phenoxy) is 2. The maximum atomic E-state index is 12.6. The van der Waals surface area contributed by atoms with Crippen molar-refractivity contribution in [3.8, 4) is 11.5 Å². The highest BCUT2D eigenvalue weighted by atomic mass is 16.7. The maximum Gasteiger partial charge on any atom is 0.255 e. The van der Waals surface area contributed by atoms with Gasteiger partial charge in [0.05, 0.1) is 11.4 Å². The molecule has 0 aliphatic carbocycles. The van der Waals surface area contributed by atoms with Crippen LogP contribution in [0.1, 0.15) is 29.6 Å². The molecule has 2 aromatic rings. The van der Waals surface area contributed by atoms with E-state index in [-0.39, 0.29) is 12.7 Å². The van der Waals surface area contributed by atoms with E-state index in [4.69, 9.17) is 9.47 Å². The number of anilines is 2. The van der Waals surface area contributed by atoms with E-state index in [1.807, 2.05) is 18.2 Å². The molecule has 2 aliphatic rings. The second-order valence-electron chi connectivity index (χ2n) is 6.09. The summed E-state index contributed by atoms with van der Waals surface area (Å²) in [7, 11) is 0. The smallest absolute Gasteiger partial charge is 0.255 e. The fourth-order valence-corrected chi connectivity index (χ4v) is 3.22. The summed E-state index contributed by atoms with van der Waals surface area (Å²) in [6.45, 7) is 2.28. The van der Waals surface area contributed by atoms with E-state index in [2.05, 4.69) is 16.3 Å². The minimum absolute atomic E-state index is 0.141. The molecule has 124 valence electrons. The lowest BCUT2D eigenvalue weighted by Gasteiger charge is -2.30. The number of hydrogen-bond acceptors (Lipinski definition) is 4. The average Bonchev–Trinajstić information content (AvgIpc) is 3.10. The SMILES string of the molecule is O=C(Nc1ccccc1N1CCCCC1)c1ccc2c(c1)OCO2. The topological polar surface area (TPSA) is 50.8 Å². The Morgan fingerprint density at radius 3 is 2.62 bits per heavy atom. The lowest BCUT2D eigenvalue weighted by Crippen LogP contribution is -2.30. The molecule has 0 radical (unpaired) electrons. The van der Waals surface area contributed by atoms with Gasteiger partial charge in [-0.25, -0.2) is 0 Å². The standard InChI is InChI=1S/C19H20N2O3/c22-19(14-8-9-17-18(12-14)24-13-23-17)20-15-6-2-3-7-16(15)21-10-4-1-5-11-21/h2-3,6-9,12H,1,4-5,10-11,13H2,(H,20,22). The van der Waals surface area contributed by atoms with Gasteiger partial charge in [-0.2, -0.15) is 0 Å². The van der Waals surface area contributed by atoms with Crippen LogP contribution in [0, 0.1) is 0 Å². The van der Waals surface area contributed by atoms with E-state index in [9.17, 15) is 4.79 Å². The van der Waals surface area contributed by atoms with Crippen molar-refractivity contribution in [1.82, 2.24) is 0 Å². The zero-order valence-electron chi connectivity index (χ0n) is 13.5. The summed E-state index contributed by atoms with van der Waals surface area (Å²) in [5, 5.41) is 3.04. The third kappa shape index (κ3) is 2.89. The van der Waals surface area contributed by atoms with Gasteiger partial charge in [-0.15, -0.1) is 0 Å². The molecule has 0 bridgehead atoms. The Morgan fingerprint density at radius 1 is 0.958 bits per heavy atom. The van der Waals surface area contributed by atoms with Crippen LogP contribution < -0.4 is 19.7 Å². The lowest BCUT2D eigenvalue weighted by molar-refractivity contribution is 0.102. The molecule has 24 heavy (non-hydrogen) atoms. The van der Waals surface area contributed by atoms with Crippen molar-refractivity contribution >= 4 is 17.3 Å². The number of para-hydroxylation sites is 2. The zero-order valence-corrected chi connectivity index (χ0v) is 13.5. The molecule has 0 spiro atoms. The van der Waals surface area contributed by atoms with Crippen LogP contribution in [0.25, 0.3) is 0 Å². The summed E-state index contributed by atoms with van der Waals surface area (Å²) in [5.41, 5.74) is 2.50. The van der Waals surface area contributed by atoms with Crippen molar-refractivity contribution in [2.45, 2.75) is 19.3 Å². The Balaban J connectivity index is 1.55. The molecule has 1 saturated heterocycles. The number of carbonyl (C=O) groups is 1. The molecule has 0 saturated carbocycles. The molecule has 5 heteroatoms. The van der Waals surface area contributed by atoms with Crippen LogP contribution in [-0.4, -0.2) is 25.8 Å². The molecule has 0 atom stereocenters. The number of benzene rings is 2. The fraction of sp³-hybridized carbons (Fsp3) is 0.316. The van der Waals surface area contributed by atoms with Gasteiger partial charge in [-0.3, -0.25) is 4.79 Å². The largest absolute Gasteiger partial charge is 0.454 e. The van der Waals surface area contributed by atoms with Crippen LogP contribution in [0.4, 0.5) is 11.4 Å². The fourth-order valence-electron chi connectivity index (χ4n) is 3.22. The summed E-state index contributed by atoms with van der Waals surface area (Å²) in [5.74, 6) is 1.16. The van der Waals surface area contributed by atoms with Gasteiger partial charge < -0.3 is 19.7 Å². The molecule has 2 aliphatic heterocycles. The monoisotopic (exact) mass is 324 g/mol. The first-order valence-electron chi connectivity index (χ1n) is 8.36. The average molecular weight is 324 g/mol. The molecule has 2 heterocycles. The summed E-state index contributed by atoms with van der Waals surface area (Å²) in [6, 6.07) is 13.2. The summed E-state index contributed by atoms with van der Waals surface area (Å²) in [4.78, 5) is 15.0. The molecular formula is C19H20N2O3. The van der Waals surface area contributed by atoms with E-state index in [0.29, 0.717) is 17.1 Å². The van der Waals surface area contributed by atoms with Gasteiger partial charge in [0, 0.05) is 18.7 Å². The number of carbonyl (C=O) groups excluding carboxylic acids is 1. The number of nitrogens with one attached hydrogen (secondary N) is 1. The minimum Gasteiger partial charge on any atom is -0.454 e. The van der Waals surface area contributed by atoms with E-state index >= 15 is 0 Å².